The summed E-state index contributed by atoms with van der Waals surface area (Å²) in [6.07, 6.45) is 3.75. The van der Waals surface area contributed by atoms with Gasteiger partial charge in [-0.05, 0) is 40.8 Å². The molecule has 0 saturated heterocycles. The molecule has 2 unspecified atom stereocenters. The molecule has 5 rings (SSSR count). The predicted octanol–water partition coefficient (Wildman–Crippen LogP) is 4.55. The summed E-state index contributed by atoms with van der Waals surface area (Å²) < 4.78 is 2.06. The number of aromatic nitrogens is 3. The van der Waals surface area contributed by atoms with Gasteiger partial charge in [-0.3, -0.25) is 0 Å². The molecule has 0 fully saturated rings. The average molecular weight is 399 g/mol. The van der Waals surface area contributed by atoms with Gasteiger partial charge >= 0.3 is 0 Å². The van der Waals surface area contributed by atoms with Crippen LogP contribution in [-0.2, 0) is 19.5 Å². The Morgan fingerprint density at radius 3 is 2.93 bits per heavy atom. The van der Waals surface area contributed by atoms with Gasteiger partial charge in [0, 0.05) is 37.9 Å². The predicted molar refractivity (Wildman–Crippen MR) is 108 cm³/mol. The number of nitrogens with one attached hydrogen (secondary N) is 1. The van der Waals surface area contributed by atoms with E-state index in [0.29, 0.717) is 16.0 Å². The lowest BCUT2D eigenvalue weighted by Crippen LogP contribution is -2.31. The second-order valence-corrected chi connectivity index (χ2v) is 8.19. The van der Waals surface area contributed by atoms with Gasteiger partial charge in [-0.15, -0.1) is 0 Å². The number of nitrogens with zero attached hydrogens (tertiary/aromatic N) is 3. The van der Waals surface area contributed by atoms with Crippen LogP contribution < -0.4 is 5.32 Å². The van der Waals surface area contributed by atoms with Gasteiger partial charge < -0.3 is 5.32 Å². The summed E-state index contributed by atoms with van der Waals surface area (Å²) in [4.78, 5) is 4.37. The highest BCUT2D eigenvalue weighted by molar-refractivity contribution is 6.42. The molecule has 6 heteroatoms. The summed E-state index contributed by atoms with van der Waals surface area (Å²) >= 11 is 12.5. The Morgan fingerprint density at radius 2 is 2.04 bits per heavy atom. The first kappa shape index (κ1) is 17.2. The molecule has 3 heterocycles. The molecule has 3 aromatic rings. The molecule has 138 valence electrons. The van der Waals surface area contributed by atoms with Crippen molar-refractivity contribution in [3.8, 4) is 0 Å². The lowest BCUT2D eigenvalue weighted by Gasteiger charge is -2.33. The lowest BCUT2D eigenvalue weighted by molar-refractivity contribution is 0.418. The number of halogens is 2. The van der Waals surface area contributed by atoms with Crippen molar-refractivity contribution < 1.29 is 0 Å². The first-order valence-electron chi connectivity index (χ1n) is 9.34. The third-order valence-corrected chi connectivity index (χ3v) is 6.57. The minimum atomic E-state index is 0.275. The molecular formula is C21H20Cl2N4. The van der Waals surface area contributed by atoms with Crippen molar-refractivity contribution in [2.45, 2.75) is 37.8 Å². The van der Waals surface area contributed by atoms with Crippen LogP contribution in [0.4, 0.5) is 0 Å². The summed E-state index contributed by atoms with van der Waals surface area (Å²) in [6.45, 7) is 2.71. The Balaban J connectivity index is 1.58. The second-order valence-electron chi connectivity index (χ2n) is 7.37. The van der Waals surface area contributed by atoms with Gasteiger partial charge in [-0.1, -0.05) is 47.5 Å². The van der Waals surface area contributed by atoms with Gasteiger partial charge in [0.1, 0.15) is 12.2 Å². The fraction of sp³-hybridized carbons (Fsp3) is 0.333. The highest BCUT2D eigenvalue weighted by Crippen LogP contribution is 2.40. The summed E-state index contributed by atoms with van der Waals surface area (Å²) in [5.41, 5.74) is 5.47. The largest absolute Gasteiger partial charge is 0.312 e. The summed E-state index contributed by atoms with van der Waals surface area (Å²) in [5.74, 6) is 1.83. The molecule has 0 bridgehead atoms. The molecular weight excluding hydrogens is 379 g/mol. The standard InChI is InChI=1S/C21H20Cl2N4/c22-18-6-4-13(8-19(18)23)17-10-24-9-14-2-1-3-16(21(14)17)15-5-7-20-25-12-26-27(20)11-15/h1-4,6,8,12,15,17,24H,5,7,9-11H2. The Hall–Kier alpha value is -1.88. The molecule has 4 nitrogen and oxygen atoms in total. The van der Waals surface area contributed by atoms with Crippen molar-refractivity contribution in [1.29, 1.82) is 0 Å². The van der Waals surface area contributed by atoms with Crippen molar-refractivity contribution in [3.05, 3.63) is 80.8 Å². The normalized spacial score (nSPS) is 21.6. The van der Waals surface area contributed by atoms with E-state index in [4.69, 9.17) is 23.2 Å². The van der Waals surface area contributed by atoms with Crippen LogP contribution in [0.25, 0.3) is 0 Å². The number of benzene rings is 2. The molecule has 1 N–H and O–H groups in total. The van der Waals surface area contributed by atoms with Crippen LogP contribution in [0.2, 0.25) is 10.0 Å². The molecule has 2 aromatic carbocycles. The molecule has 0 amide bonds. The van der Waals surface area contributed by atoms with Crippen molar-refractivity contribution >= 4 is 23.2 Å². The van der Waals surface area contributed by atoms with E-state index in [2.05, 4.69) is 44.3 Å². The molecule has 2 atom stereocenters. The number of fused-ring (bicyclic) bond motifs is 2. The summed E-state index contributed by atoms with van der Waals surface area (Å²) in [5, 5.41) is 9.18. The van der Waals surface area contributed by atoms with Crippen molar-refractivity contribution in [2.24, 2.45) is 0 Å². The highest BCUT2D eigenvalue weighted by Gasteiger charge is 2.30. The molecule has 1 aromatic heterocycles. The van der Waals surface area contributed by atoms with Crippen LogP contribution >= 0.6 is 23.2 Å². The maximum absolute atomic E-state index is 6.32. The van der Waals surface area contributed by atoms with E-state index < -0.39 is 0 Å². The van der Waals surface area contributed by atoms with Crippen LogP contribution in [0, 0.1) is 0 Å². The smallest absolute Gasteiger partial charge is 0.138 e. The topological polar surface area (TPSA) is 42.7 Å². The first-order valence-corrected chi connectivity index (χ1v) is 10.1. The van der Waals surface area contributed by atoms with E-state index in [0.717, 1.165) is 38.3 Å². The van der Waals surface area contributed by atoms with Crippen molar-refractivity contribution in [3.63, 3.8) is 0 Å². The molecule has 0 spiro atoms. The second kappa shape index (κ2) is 6.93. The Bertz CT molecular complexity index is 998. The minimum absolute atomic E-state index is 0.275. The van der Waals surface area contributed by atoms with Crippen molar-refractivity contribution in [2.75, 3.05) is 6.54 Å². The lowest BCUT2D eigenvalue weighted by atomic mass is 9.77. The first-order chi connectivity index (χ1) is 13.2. The van der Waals surface area contributed by atoms with Gasteiger partial charge in [0.2, 0.25) is 0 Å². The van der Waals surface area contributed by atoms with Gasteiger partial charge in [0.15, 0.2) is 0 Å². The number of aryl methyl sites for hydroxylation is 1. The van der Waals surface area contributed by atoms with E-state index in [1.807, 2.05) is 12.1 Å². The third kappa shape index (κ3) is 3.06. The highest BCUT2D eigenvalue weighted by atomic mass is 35.5. The van der Waals surface area contributed by atoms with Crippen molar-refractivity contribution in [1.82, 2.24) is 20.1 Å². The van der Waals surface area contributed by atoms with E-state index in [9.17, 15) is 0 Å². The zero-order valence-electron chi connectivity index (χ0n) is 14.8. The SMILES string of the molecule is Clc1ccc(C2CNCc3cccc(C4CCc5ncnn5C4)c32)cc1Cl. The van der Waals surface area contributed by atoms with Gasteiger partial charge in [-0.25, -0.2) is 9.67 Å². The zero-order chi connectivity index (χ0) is 18.4. The fourth-order valence-corrected chi connectivity index (χ4v) is 4.83. The van der Waals surface area contributed by atoms with Gasteiger partial charge in [0.05, 0.1) is 10.0 Å². The monoisotopic (exact) mass is 398 g/mol. The summed E-state index contributed by atoms with van der Waals surface area (Å²) in [6, 6.07) is 12.7. The van der Waals surface area contributed by atoms with Crippen LogP contribution in [0.3, 0.4) is 0 Å². The van der Waals surface area contributed by atoms with Crippen LogP contribution in [-0.4, -0.2) is 21.3 Å². The van der Waals surface area contributed by atoms with E-state index >= 15 is 0 Å². The molecule has 0 saturated carbocycles. The Kier molecular flexibility index (Phi) is 4.43. The van der Waals surface area contributed by atoms with E-state index in [1.54, 1.807) is 6.33 Å². The van der Waals surface area contributed by atoms with Crippen LogP contribution in [0.15, 0.2) is 42.7 Å². The van der Waals surface area contributed by atoms with Gasteiger partial charge in [0.25, 0.3) is 0 Å². The molecule has 2 aliphatic rings. The van der Waals surface area contributed by atoms with E-state index in [-0.39, 0.29) is 5.92 Å². The minimum Gasteiger partial charge on any atom is -0.312 e. The Labute approximate surface area is 168 Å². The molecule has 0 aliphatic carbocycles. The summed E-state index contributed by atoms with van der Waals surface area (Å²) in [7, 11) is 0. The van der Waals surface area contributed by atoms with Crippen LogP contribution in [0.1, 0.15) is 46.3 Å². The van der Waals surface area contributed by atoms with E-state index in [1.165, 1.54) is 22.3 Å². The van der Waals surface area contributed by atoms with Crippen LogP contribution in [0.5, 0.6) is 0 Å². The number of rotatable bonds is 2. The maximum Gasteiger partial charge on any atom is 0.138 e. The molecule has 2 aliphatic heterocycles. The zero-order valence-corrected chi connectivity index (χ0v) is 16.3. The maximum atomic E-state index is 6.32. The number of hydrogen-bond acceptors (Lipinski definition) is 3. The molecule has 27 heavy (non-hydrogen) atoms. The third-order valence-electron chi connectivity index (χ3n) is 5.83. The Morgan fingerprint density at radius 1 is 1.11 bits per heavy atom. The quantitative estimate of drug-likeness (QED) is 0.688. The fourth-order valence-electron chi connectivity index (χ4n) is 4.53. The van der Waals surface area contributed by atoms with Gasteiger partial charge in [-0.2, -0.15) is 5.10 Å². The average Bonchev–Trinajstić information content (AvgIpc) is 3.17. The number of hydrogen-bond donors (Lipinski definition) is 1. The molecule has 0 radical (unpaired) electrons.